The Kier molecular flexibility index (Phi) is 5.45. The molecule has 21 heavy (non-hydrogen) atoms. The lowest BCUT2D eigenvalue weighted by Gasteiger charge is -2.35. The third kappa shape index (κ3) is 4.09. The molecular formula is C15H26N2O4. The summed E-state index contributed by atoms with van der Waals surface area (Å²) in [7, 11) is 0. The molecule has 0 bridgehead atoms. The Morgan fingerprint density at radius 1 is 1.29 bits per heavy atom. The molecule has 0 aromatic heterocycles. The standard InChI is InChI=1S/C15H26N2O4/c1-10-7-12(14(19)20)9-17(8-10)15(21)16-13-4-2-3-11(13)5-6-18/h10-13,18H,2-9H2,1H3,(H,16,21)(H,19,20). The van der Waals surface area contributed by atoms with E-state index in [-0.39, 0.29) is 24.6 Å². The van der Waals surface area contributed by atoms with E-state index < -0.39 is 11.9 Å². The first-order valence-electron chi connectivity index (χ1n) is 7.90. The predicted octanol–water partition coefficient (Wildman–Crippen LogP) is 1.29. The molecule has 4 unspecified atom stereocenters. The van der Waals surface area contributed by atoms with Crippen molar-refractivity contribution in [2.24, 2.45) is 17.8 Å². The van der Waals surface area contributed by atoms with Crippen LogP contribution in [0.15, 0.2) is 0 Å². The van der Waals surface area contributed by atoms with Gasteiger partial charge in [0.15, 0.2) is 0 Å². The van der Waals surface area contributed by atoms with Crippen molar-refractivity contribution in [3.63, 3.8) is 0 Å². The molecule has 6 heteroatoms. The second-order valence-corrected chi connectivity index (χ2v) is 6.54. The van der Waals surface area contributed by atoms with Gasteiger partial charge in [-0.3, -0.25) is 4.79 Å². The summed E-state index contributed by atoms with van der Waals surface area (Å²) >= 11 is 0. The average Bonchev–Trinajstić information content (AvgIpc) is 2.85. The number of carbonyl (C=O) groups excluding carboxylic acids is 1. The van der Waals surface area contributed by atoms with Crippen molar-refractivity contribution in [2.75, 3.05) is 19.7 Å². The highest BCUT2D eigenvalue weighted by Crippen LogP contribution is 2.29. The maximum atomic E-state index is 12.4. The average molecular weight is 298 g/mol. The molecule has 0 spiro atoms. The van der Waals surface area contributed by atoms with Gasteiger partial charge in [0.2, 0.25) is 0 Å². The van der Waals surface area contributed by atoms with Crippen molar-refractivity contribution >= 4 is 12.0 Å². The summed E-state index contributed by atoms with van der Waals surface area (Å²) in [6.45, 7) is 3.05. The predicted molar refractivity (Wildman–Crippen MR) is 77.8 cm³/mol. The quantitative estimate of drug-likeness (QED) is 0.729. The van der Waals surface area contributed by atoms with Crippen molar-refractivity contribution in [2.45, 2.75) is 45.1 Å². The highest BCUT2D eigenvalue weighted by molar-refractivity contribution is 5.77. The van der Waals surface area contributed by atoms with E-state index in [1.54, 1.807) is 4.90 Å². The molecule has 0 radical (unpaired) electrons. The third-order valence-corrected chi connectivity index (χ3v) is 4.76. The van der Waals surface area contributed by atoms with E-state index in [4.69, 9.17) is 10.2 Å². The molecule has 0 aromatic rings. The maximum absolute atomic E-state index is 12.4. The molecule has 1 aliphatic heterocycles. The number of hydrogen-bond donors (Lipinski definition) is 3. The van der Waals surface area contributed by atoms with E-state index >= 15 is 0 Å². The van der Waals surface area contributed by atoms with Gasteiger partial charge in [-0.05, 0) is 37.5 Å². The SMILES string of the molecule is CC1CC(C(=O)O)CN(C(=O)NC2CCCC2CCO)C1. The molecule has 3 N–H and O–H groups in total. The number of likely N-dealkylation sites (tertiary alicyclic amines) is 1. The van der Waals surface area contributed by atoms with Crippen LogP contribution in [0, 0.1) is 17.8 Å². The number of carboxylic acid groups (broad SMARTS) is 1. The van der Waals surface area contributed by atoms with Crippen LogP contribution in [0.3, 0.4) is 0 Å². The fourth-order valence-electron chi connectivity index (χ4n) is 3.68. The van der Waals surface area contributed by atoms with Crippen LogP contribution in [-0.2, 0) is 4.79 Å². The number of carboxylic acids is 1. The summed E-state index contributed by atoms with van der Waals surface area (Å²) in [5, 5.41) is 21.3. The lowest BCUT2D eigenvalue weighted by Crippen LogP contribution is -2.52. The molecule has 2 aliphatic rings. The molecule has 2 rings (SSSR count). The molecule has 0 aromatic carbocycles. The van der Waals surface area contributed by atoms with Crippen molar-refractivity contribution in [1.82, 2.24) is 10.2 Å². The van der Waals surface area contributed by atoms with Crippen molar-refractivity contribution < 1.29 is 19.8 Å². The number of hydrogen-bond acceptors (Lipinski definition) is 3. The molecule has 2 amide bonds. The Morgan fingerprint density at radius 2 is 2.05 bits per heavy atom. The first kappa shape index (κ1) is 16.1. The van der Waals surface area contributed by atoms with E-state index in [2.05, 4.69) is 5.32 Å². The minimum absolute atomic E-state index is 0.116. The van der Waals surface area contributed by atoms with Gasteiger partial charge in [0.25, 0.3) is 0 Å². The highest BCUT2D eigenvalue weighted by atomic mass is 16.4. The Balaban J connectivity index is 1.91. The van der Waals surface area contributed by atoms with E-state index in [1.807, 2.05) is 6.92 Å². The Labute approximate surface area is 125 Å². The van der Waals surface area contributed by atoms with E-state index in [0.717, 1.165) is 25.7 Å². The highest BCUT2D eigenvalue weighted by Gasteiger charge is 2.34. The van der Waals surface area contributed by atoms with Gasteiger partial charge in [0.05, 0.1) is 5.92 Å². The normalized spacial score (nSPS) is 33.0. The third-order valence-electron chi connectivity index (χ3n) is 4.76. The number of amides is 2. The molecule has 2 fully saturated rings. The molecular weight excluding hydrogens is 272 g/mol. The molecule has 1 heterocycles. The number of nitrogens with zero attached hydrogens (tertiary/aromatic N) is 1. The van der Waals surface area contributed by atoms with Crippen LogP contribution in [0.25, 0.3) is 0 Å². The number of urea groups is 1. The minimum atomic E-state index is -0.821. The molecule has 4 atom stereocenters. The van der Waals surface area contributed by atoms with Crippen LogP contribution < -0.4 is 5.32 Å². The second-order valence-electron chi connectivity index (χ2n) is 6.54. The lowest BCUT2D eigenvalue weighted by atomic mass is 9.90. The van der Waals surface area contributed by atoms with Crippen LogP contribution in [0.5, 0.6) is 0 Å². The summed E-state index contributed by atoms with van der Waals surface area (Å²) < 4.78 is 0. The fraction of sp³-hybridized carbons (Fsp3) is 0.867. The van der Waals surface area contributed by atoms with Gasteiger partial charge in [-0.15, -0.1) is 0 Å². The molecule has 120 valence electrons. The van der Waals surface area contributed by atoms with Crippen molar-refractivity contribution in [3.8, 4) is 0 Å². The van der Waals surface area contributed by atoms with E-state index in [9.17, 15) is 9.59 Å². The van der Waals surface area contributed by atoms with Gasteiger partial charge in [0, 0.05) is 25.7 Å². The van der Waals surface area contributed by atoms with Crippen LogP contribution in [-0.4, -0.2) is 52.9 Å². The first-order valence-corrected chi connectivity index (χ1v) is 7.90. The second kappa shape index (κ2) is 7.11. The van der Waals surface area contributed by atoms with E-state index in [0.29, 0.717) is 25.4 Å². The summed E-state index contributed by atoms with van der Waals surface area (Å²) in [5.41, 5.74) is 0. The number of piperidine rings is 1. The smallest absolute Gasteiger partial charge is 0.317 e. The van der Waals surface area contributed by atoms with Crippen LogP contribution in [0.1, 0.15) is 39.0 Å². The van der Waals surface area contributed by atoms with Gasteiger partial charge in [0.1, 0.15) is 0 Å². The minimum Gasteiger partial charge on any atom is -0.481 e. The van der Waals surface area contributed by atoms with Gasteiger partial charge in [-0.1, -0.05) is 13.3 Å². The van der Waals surface area contributed by atoms with Gasteiger partial charge in [-0.25, -0.2) is 4.79 Å². The Bertz CT molecular complexity index is 388. The fourth-order valence-corrected chi connectivity index (χ4v) is 3.68. The topological polar surface area (TPSA) is 89.9 Å². The number of rotatable bonds is 4. The summed E-state index contributed by atoms with van der Waals surface area (Å²) in [4.78, 5) is 25.2. The number of carbonyl (C=O) groups is 2. The van der Waals surface area contributed by atoms with Crippen LogP contribution in [0.2, 0.25) is 0 Å². The molecule has 1 aliphatic carbocycles. The summed E-state index contributed by atoms with van der Waals surface area (Å²) in [6, 6.07) is -0.0344. The molecule has 1 saturated carbocycles. The van der Waals surface area contributed by atoms with Crippen LogP contribution >= 0.6 is 0 Å². The van der Waals surface area contributed by atoms with Crippen molar-refractivity contribution in [3.05, 3.63) is 0 Å². The zero-order chi connectivity index (χ0) is 15.4. The van der Waals surface area contributed by atoms with E-state index in [1.165, 1.54) is 0 Å². The number of aliphatic carboxylic acids is 1. The van der Waals surface area contributed by atoms with Crippen molar-refractivity contribution in [1.29, 1.82) is 0 Å². The first-order chi connectivity index (χ1) is 10.0. The van der Waals surface area contributed by atoms with Gasteiger partial charge >= 0.3 is 12.0 Å². The lowest BCUT2D eigenvalue weighted by molar-refractivity contribution is -0.143. The number of aliphatic hydroxyl groups excluding tert-OH is 1. The Morgan fingerprint density at radius 3 is 2.71 bits per heavy atom. The number of aliphatic hydroxyl groups is 1. The summed E-state index contributed by atoms with van der Waals surface area (Å²) in [6.07, 6.45) is 4.42. The zero-order valence-electron chi connectivity index (χ0n) is 12.6. The van der Waals surface area contributed by atoms with Gasteiger partial charge < -0.3 is 20.4 Å². The summed E-state index contributed by atoms with van der Waals surface area (Å²) in [5.74, 6) is -0.728. The largest absolute Gasteiger partial charge is 0.481 e. The number of nitrogens with one attached hydrogen (secondary N) is 1. The molecule has 6 nitrogen and oxygen atoms in total. The van der Waals surface area contributed by atoms with Crippen LogP contribution in [0.4, 0.5) is 4.79 Å². The Hall–Kier alpha value is -1.30. The maximum Gasteiger partial charge on any atom is 0.317 e. The monoisotopic (exact) mass is 298 g/mol. The zero-order valence-corrected chi connectivity index (χ0v) is 12.6. The van der Waals surface area contributed by atoms with Gasteiger partial charge in [-0.2, -0.15) is 0 Å². The molecule has 1 saturated heterocycles.